The van der Waals surface area contributed by atoms with E-state index in [2.05, 4.69) is 12.2 Å². The number of carbonyl (C=O) groups is 3. The number of anilines is 1. The van der Waals surface area contributed by atoms with Crippen LogP contribution < -0.4 is 4.90 Å². The lowest BCUT2D eigenvalue weighted by Gasteiger charge is -2.22. The zero-order chi connectivity index (χ0) is 15.9. The second-order valence-electron chi connectivity index (χ2n) is 7.34. The van der Waals surface area contributed by atoms with Crippen LogP contribution in [0.3, 0.4) is 0 Å². The molecule has 1 heterocycles. The molecule has 1 aliphatic heterocycles. The predicted octanol–water partition coefficient (Wildman–Crippen LogP) is 2.59. The smallest absolute Gasteiger partial charge is 0.238 e. The molecule has 2 bridgehead atoms. The van der Waals surface area contributed by atoms with Crippen molar-refractivity contribution in [1.82, 2.24) is 0 Å². The Bertz CT molecular complexity index is 771. The number of hydrogen-bond donors (Lipinski definition) is 0. The SMILES string of the molecule is CC(=O)c1cccc(N2C(=O)[C@@H]3[C@H](C2=O)[C@H]2C=C[C@@H]3C23CC3)c1. The van der Waals surface area contributed by atoms with Crippen molar-refractivity contribution in [3.63, 3.8) is 0 Å². The summed E-state index contributed by atoms with van der Waals surface area (Å²) in [4.78, 5) is 38.8. The minimum Gasteiger partial charge on any atom is -0.295 e. The summed E-state index contributed by atoms with van der Waals surface area (Å²) < 4.78 is 0. The number of fused-ring (bicyclic) bond motifs is 3. The van der Waals surface area contributed by atoms with Gasteiger partial charge in [-0.25, -0.2) is 4.90 Å². The van der Waals surface area contributed by atoms with Crippen molar-refractivity contribution in [2.24, 2.45) is 29.1 Å². The van der Waals surface area contributed by atoms with Gasteiger partial charge in [-0.3, -0.25) is 14.4 Å². The molecule has 0 unspecified atom stereocenters. The van der Waals surface area contributed by atoms with Crippen LogP contribution in [-0.4, -0.2) is 17.6 Å². The molecule has 1 aromatic rings. The van der Waals surface area contributed by atoms with Crippen molar-refractivity contribution in [3.05, 3.63) is 42.0 Å². The number of Topliss-reactive ketones (excluding diaryl/α,β-unsaturated/α-hetero) is 1. The molecule has 116 valence electrons. The molecule has 0 radical (unpaired) electrons. The molecule has 23 heavy (non-hydrogen) atoms. The number of rotatable bonds is 2. The highest BCUT2D eigenvalue weighted by molar-refractivity contribution is 6.23. The molecule has 1 saturated heterocycles. The summed E-state index contributed by atoms with van der Waals surface area (Å²) in [7, 11) is 0. The molecule has 4 nitrogen and oxygen atoms in total. The van der Waals surface area contributed by atoms with E-state index < -0.39 is 0 Å². The van der Waals surface area contributed by atoms with E-state index >= 15 is 0 Å². The summed E-state index contributed by atoms with van der Waals surface area (Å²) in [5, 5.41) is 0. The van der Waals surface area contributed by atoms with Crippen LogP contribution in [0.15, 0.2) is 36.4 Å². The first-order valence-electron chi connectivity index (χ1n) is 8.22. The Morgan fingerprint density at radius 3 is 2.22 bits per heavy atom. The molecule has 4 atom stereocenters. The number of amides is 2. The van der Waals surface area contributed by atoms with Crippen molar-refractivity contribution in [1.29, 1.82) is 0 Å². The van der Waals surface area contributed by atoms with Crippen LogP contribution in [-0.2, 0) is 9.59 Å². The van der Waals surface area contributed by atoms with Crippen LogP contribution in [0.2, 0.25) is 0 Å². The maximum Gasteiger partial charge on any atom is 0.238 e. The lowest BCUT2D eigenvalue weighted by atomic mass is 9.85. The summed E-state index contributed by atoms with van der Waals surface area (Å²) >= 11 is 0. The lowest BCUT2D eigenvalue weighted by molar-refractivity contribution is -0.123. The third kappa shape index (κ3) is 1.44. The van der Waals surface area contributed by atoms with Gasteiger partial charge in [0.05, 0.1) is 17.5 Å². The molecular weight excluding hydrogens is 290 g/mol. The van der Waals surface area contributed by atoms with Gasteiger partial charge in [0.1, 0.15) is 0 Å². The van der Waals surface area contributed by atoms with Crippen LogP contribution in [0.25, 0.3) is 0 Å². The Balaban J connectivity index is 1.56. The van der Waals surface area contributed by atoms with Gasteiger partial charge in [0.2, 0.25) is 11.8 Å². The van der Waals surface area contributed by atoms with Crippen molar-refractivity contribution in [3.8, 4) is 0 Å². The fourth-order valence-corrected chi connectivity index (χ4v) is 5.20. The second kappa shape index (κ2) is 3.99. The lowest BCUT2D eigenvalue weighted by Crippen LogP contribution is -2.34. The van der Waals surface area contributed by atoms with Gasteiger partial charge in [0.25, 0.3) is 0 Å². The molecule has 5 rings (SSSR count). The van der Waals surface area contributed by atoms with Gasteiger partial charge in [-0.2, -0.15) is 0 Å². The van der Waals surface area contributed by atoms with Gasteiger partial charge in [-0.05, 0) is 49.1 Å². The molecule has 3 aliphatic carbocycles. The van der Waals surface area contributed by atoms with Crippen LogP contribution in [0.4, 0.5) is 5.69 Å². The molecule has 1 spiro atoms. The van der Waals surface area contributed by atoms with E-state index in [9.17, 15) is 14.4 Å². The van der Waals surface area contributed by atoms with E-state index in [0.29, 0.717) is 11.3 Å². The molecule has 2 saturated carbocycles. The monoisotopic (exact) mass is 307 g/mol. The van der Waals surface area contributed by atoms with Crippen LogP contribution >= 0.6 is 0 Å². The normalized spacial score (nSPS) is 35.3. The summed E-state index contributed by atoms with van der Waals surface area (Å²) in [5.41, 5.74) is 1.28. The molecule has 3 fully saturated rings. The predicted molar refractivity (Wildman–Crippen MR) is 83.7 cm³/mol. The third-order valence-corrected chi connectivity index (χ3v) is 6.36. The zero-order valence-corrected chi connectivity index (χ0v) is 12.9. The van der Waals surface area contributed by atoms with E-state index in [4.69, 9.17) is 0 Å². The molecular formula is C19H17NO3. The van der Waals surface area contributed by atoms with Crippen molar-refractivity contribution in [2.45, 2.75) is 19.8 Å². The number of nitrogens with zero attached hydrogens (tertiary/aromatic N) is 1. The minimum atomic E-state index is -0.194. The van der Waals surface area contributed by atoms with Crippen LogP contribution in [0, 0.1) is 29.1 Å². The Kier molecular flexibility index (Phi) is 2.30. The topological polar surface area (TPSA) is 54.5 Å². The Morgan fingerprint density at radius 1 is 1.09 bits per heavy atom. The van der Waals surface area contributed by atoms with E-state index in [1.165, 1.54) is 11.8 Å². The second-order valence-corrected chi connectivity index (χ2v) is 7.34. The van der Waals surface area contributed by atoms with Gasteiger partial charge in [-0.1, -0.05) is 24.3 Å². The highest BCUT2D eigenvalue weighted by Gasteiger charge is 2.73. The molecule has 2 amide bonds. The molecule has 0 N–H and O–H groups in total. The maximum absolute atomic E-state index is 13.0. The average Bonchev–Trinajstić information content (AvgIpc) is 3.13. The van der Waals surface area contributed by atoms with Crippen molar-refractivity contribution < 1.29 is 14.4 Å². The first-order valence-corrected chi connectivity index (χ1v) is 8.22. The first-order chi connectivity index (χ1) is 11.0. The maximum atomic E-state index is 13.0. The number of allylic oxidation sites excluding steroid dienone is 2. The van der Waals surface area contributed by atoms with E-state index in [0.717, 1.165) is 12.8 Å². The number of hydrogen-bond acceptors (Lipinski definition) is 3. The van der Waals surface area contributed by atoms with Crippen molar-refractivity contribution >= 4 is 23.3 Å². The van der Waals surface area contributed by atoms with Gasteiger partial charge in [0.15, 0.2) is 5.78 Å². The number of benzene rings is 1. The van der Waals surface area contributed by atoms with E-state index in [-0.39, 0.29) is 46.7 Å². The van der Waals surface area contributed by atoms with Crippen molar-refractivity contribution in [2.75, 3.05) is 4.90 Å². The minimum absolute atomic E-state index is 0.0650. The van der Waals surface area contributed by atoms with Gasteiger partial charge >= 0.3 is 0 Å². The van der Waals surface area contributed by atoms with Gasteiger partial charge < -0.3 is 0 Å². The van der Waals surface area contributed by atoms with E-state index in [1.54, 1.807) is 24.3 Å². The quantitative estimate of drug-likeness (QED) is 0.479. The zero-order valence-electron chi connectivity index (χ0n) is 12.9. The number of imide groups is 1. The van der Waals surface area contributed by atoms with Gasteiger partial charge in [-0.15, -0.1) is 0 Å². The molecule has 0 aromatic heterocycles. The highest BCUT2D eigenvalue weighted by Crippen LogP contribution is 2.73. The average molecular weight is 307 g/mol. The number of ketones is 1. The fraction of sp³-hybridized carbons (Fsp3) is 0.421. The van der Waals surface area contributed by atoms with Crippen LogP contribution in [0.1, 0.15) is 30.1 Å². The largest absolute Gasteiger partial charge is 0.295 e. The summed E-state index contributed by atoms with van der Waals surface area (Å²) in [5.74, 6) is -0.149. The third-order valence-electron chi connectivity index (χ3n) is 6.36. The molecule has 1 aromatic carbocycles. The summed E-state index contributed by atoms with van der Waals surface area (Å²) in [6.45, 7) is 1.49. The molecule has 4 aliphatic rings. The number of carbonyl (C=O) groups excluding carboxylic acids is 3. The Morgan fingerprint density at radius 2 is 1.70 bits per heavy atom. The Labute approximate surface area is 134 Å². The fourth-order valence-electron chi connectivity index (χ4n) is 5.20. The highest BCUT2D eigenvalue weighted by atomic mass is 16.2. The van der Waals surface area contributed by atoms with Crippen LogP contribution in [0.5, 0.6) is 0 Å². The summed E-state index contributed by atoms with van der Waals surface area (Å²) in [6, 6.07) is 6.84. The van der Waals surface area contributed by atoms with Gasteiger partial charge in [0, 0.05) is 5.56 Å². The Hall–Kier alpha value is -2.23. The van der Waals surface area contributed by atoms with E-state index in [1.807, 2.05) is 0 Å². The summed E-state index contributed by atoms with van der Waals surface area (Å²) in [6.07, 6.45) is 6.62. The standard InChI is InChI=1S/C19H17NO3/c1-10(21)11-3-2-4-12(9-11)20-17(22)15-13-5-6-14(16(15)18(20)23)19(13)7-8-19/h2-6,9,13-16H,7-8H2,1H3/t13-,14+,15-,16+. The first kappa shape index (κ1) is 13.2. The molecule has 4 heteroatoms.